The zero-order valence-corrected chi connectivity index (χ0v) is 15.2. The van der Waals surface area contributed by atoms with Gasteiger partial charge in [0, 0.05) is 39.8 Å². The van der Waals surface area contributed by atoms with Crippen LogP contribution >= 0.6 is 0 Å². The molecule has 0 aliphatic carbocycles. The summed E-state index contributed by atoms with van der Waals surface area (Å²) < 4.78 is 1.64. The van der Waals surface area contributed by atoms with Gasteiger partial charge in [-0.3, -0.25) is 0 Å². The number of benzene rings is 1. The van der Waals surface area contributed by atoms with Crippen LogP contribution < -0.4 is 10.2 Å². The standard InChI is InChI=1S/C18H22N8O/c1-24-16-15(22-23-24)17(21-13-20-16)25-9-11-26(12-10-25)18(27)19-8-7-14-5-3-2-4-6-14/h2-6,13H,7-12H2,1H3,(H,19,27). The summed E-state index contributed by atoms with van der Waals surface area (Å²) in [6, 6.07) is 10.1. The summed E-state index contributed by atoms with van der Waals surface area (Å²) in [5.74, 6) is 0.775. The lowest BCUT2D eigenvalue weighted by Gasteiger charge is -2.35. The molecule has 9 nitrogen and oxygen atoms in total. The lowest BCUT2D eigenvalue weighted by atomic mass is 10.1. The summed E-state index contributed by atoms with van der Waals surface area (Å²) in [6.07, 6.45) is 2.36. The molecule has 1 saturated heterocycles. The van der Waals surface area contributed by atoms with Gasteiger partial charge in [-0.1, -0.05) is 35.5 Å². The molecular weight excluding hydrogens is 344 g/mol. The van der Waals surface area contributed by atoms with E-state index in [9.17, 15) is 4.79 Å². The van der Waals surface area contributed by atoms with Crippen molar-refractivity contribution in [1.82, 2.24) is 35.2 Å². The second-order valence-corrected chi connectivity index (χ2v) is 6.52. The molecule has 1 N–H and O–H groups in total. The smallest absolute Gasteiger partial charge is 0.317 e. The van der Waals surface area contributed by atoms with Gasteiger partial charge in [0.15, 0.2) is 17.0 Å². The van der Waals surface area contributed by atoms with E-state index in [0.717, 1.165) is 12.2 Å². The summed E-state index contributed by atoms with van der Waals surface area (Å²) in [6.45, 7) is 3.32. The van der Waals surface area contributed by atoms with E-state index in [-0.39, 0.29) is 6.03 Å². The maximum atomic E-state index is 12.4. The zero-order valence-electron chi connectivity index (χ0n) is 15.2. The van der Waals surface area contributed by atoms with E-state index < -0.39 is 0 Å². The molecule has 0 bridgehead atoms. The van der Waals surface area contributed by atoms with Crippen LogP contribution in [0.1, 0.15) is 5.56 Å². The molecule has 0 saturated carbocycles. The number of fused-ring (bicyclic) bond motifs is 1. The molecule has 1 aliphatic rings. The molecule has 0 spiro atoms. The SMILES string of the molecule is Cn1nnc2c(N3CCN(C(=O)NCCc4ccccc4)CC3)ncnc21. The summed E-state index contributed by atoms with van der Waals surface area (Å²) >= 11 is 0. The number of amides is 2. The van der Waals surface area contributed by atoms with E-state index in [2.05, 4.69) is 42.6 Å². The molecular formula is C18H22N8O. The average Bonchev–Trinajstić information content (AvgIpc) is 3.10. The number of anilines is 1. The fourth-order valence-electron chi connectivity index (χ4n) is 3.26. The van der Waals surface area contributed by atoms with Gasteiger partial charge in [0.2, 0.25) is 0 Å². The third kappa shape index (κ3) is 3.67. The van der Waals surface area contributed by atoms with Crippen LogP contribution in [0.25, 0.3) is 11.2 Å². The van der Waals surface area contributed by atoms with Gasteiger partial charge in [-0.05, 0) is 12.0 Å². The van der Waals surface area contributed by atoms with Crippen molar-refractivity contribution in [2.45, 2.75) is 6.42 Å². The molecule has 4 rings (SSSR count). The number of piperazine rings is 1. The molecule has 0 unspecified atom stereocenters. The third-order valence-corrected chi connectivity index (χ3v) is 4.77. The largest absolute Gasteiger partial charge is 0.351 e. The minimum absolute atomic E-state index is 0.0158. The van der Waals surface area contributed by atoms with Crippen LogP contribution in [0.15, 0.2) is 36.7 Å². The van der Waals surface area contributed by atoms with Crippen LogP contribution in [-0.2, 0) is 13.5 Å². The van der Waals surface area contributed by atoms with Gasteiger partial charge < -0.3 is 15.1 Å². The number of hydrogen-bond acceptors (Lipinski definition) is 6. The number of nitrogens with zero attached hydrogens (tertiary/aromatic N) is 7. The molecule has 2 aromatic heterocycles. The van der Waals surface area contributed by atoms with Crippen molar-refractivity contribution in [2.75, 3.05) is 37.6 Å². The van der Waals surface area contributed by atoms with E-state index in [0.29, 0.717) is 43.9 Å². The Morgan fingerprint density at radius 1 is 1.11 bits per heavy atom. The van der Waals surface area contributed by atoms with Gasteiger partial charge in [0.1, 0.15) is 6.33 Å². The Hall–Kier alpha value is -3.23. The normalized spacial score (nSPS) is 14.6. The lowest BCUT2D eigenvalue weighted by molar-refractivity contribution is 0.194. The van der Waals surface area contributed by atoms with E-state index in [4.69, 9.17) is 0 Å². The second-order valence-electron chi connectivity index (χ2n) is 6.52. The number of rotatable bonds is 4. The molecule has 0 atom stereocenters. The molecule has 2 amide bonds. The maximum Gasteiger partial charge on any atom is 0.317 e. The first-order valence-electron chi connectivity index (χ1n) is 9.04. The maximum absolute atomic E-state index is 12.4. The van der Waals surface area contributed by atoms with Gasteiger partial charge in [-0.2, -0.15) is 0 Å². The van der Waals surface area contributed by atoms with Crippen molar-refractivity contribution in [1.29, 1.82) is 0 Å². The summed E-state index contributed by atoms with van der Waals surface area (Å²) in [5, 5.41) is 11.2. The van der Waals surface area contributed by atoms with Gasteiger partial charge in [0.05, 0.1) is 0 Å². The predicted molar refractivity (Wildman–Crippen MR) is 101 cm³/mol. The first-order valence-corrected chi connectivity index (χ1v) is 9.04. The van der Waals surface area contributed by atoms with Crippen molar-refractivity contribution in [2.24, 2.45) is 7.05 Å². The van der Waals surface area contributed by atoms with Crippen LogP contribution in [0.2, 0.25) is 0 Å². The van der Waals surface area contributed by atoms with Crippen molar-refractivity contribution in [3.63, 3.8) is 0 Å². The summed E-state index contributed by atoms with van der Waals surface area (Å²) in [7, 11) is 1.81. The minimum Gasteiger partial charge on any atom is -0.351 e. The Morgan fingerprint density at radius 3 is 2.67 bits per heavy atom. The third-order valence-electron chi connectivity index (χ3n) is 4.77. The van der Waals surface area contributed by atoms with Gasteiger partial charge in [0.25, 0.3) is 0 Å². The Balaban J connectivity index is 1.31. The number of carbonyl (C=O) groups excluding carboxylic acids is 1. The Kier molecular flexibility index (Phi) is 4.82. The lowest BCUT2D eigenvalue weighted by Crippen LogP contribution is -2.52. The van der Waals surface area contributed by atoms with E-state index in [1.165, 1.54) is 11.9 Å². The molecule has 0 radical (unpaired) electrons. The highest BCUT2D eigenvalue weighted by molar-refractivity contribution is 5.82. The number of carbonyl (C=O) groups is 1. The fourth-order valence-corrected chi connectivity index (χ4v) is 3.26. The van der Waals surface area contributed by atoms with E-state index >= 15 is 0 Å². The average molecular weight is 366 g/mol. The van der Waals surface area contributed by atoms with Crippen LogP contribution in [0.4, 0.5) is 10.6 Å². The van der Waals surface area contributed by atoms with Crippen LogP contribution in [0, 0.1) is 0 Å². The first-order chi connectivity index (χ1) is 13.2. The first kappa shape index (κ1) is 17.2. The van der Waals surface area contributed by atoms with Crippen LogP contribution in [0.3, 0.4) is 0 Å². The number of urea groups is 1. The highest BCUT2D eigenvalue weighted by Crippen LogP contribution is 2.21. The zero-order chi connectivity index (χ0) is 18.6. The Bertz CT molecular complexity index is 918. The molecule has 140 valence electrons. The van der Waals surface area contributed by atoms with Crippen molar-refractivity contribution in [3.05, 3.63) is 42.2 Å². The number of aromatic nitrogens is 5. The van der Waals surface area contributed by atoms with Crippen molar-refractivity contribution in [3.8, 4) is 0 Å². The van der Waals surface area contributed by atoms with Crippen LogP contribution in [0.5, 0.6) is 0 Å². The van der Waals surface area contributed by atoms with Gasteiger partial charge in [-0.15, -0.1) is 5.10 Å². The van der Waals surface area contributed by atoms with Crippen molar-refractivity contribution < 1.29 is 4.79 Å². The second kappa shape index (κ2) is 7.56. The van der Waals surface area contributed by atoms with Crippen LogP contribution in [-0.4, -0.2) is 68.6 Å². The molecule has 27 heavy (non-hydrogen) atoms. The molecule has 9 heteroatoms. The molecule has 1 aliphatic heterocycles. The minimum atomic E-state index is -0.0158. The summed E-state index contributed by atoms with van der Waals surface area (Å²) in [4.78, 5) is 25.0. The predicted octanol–water partition coefficient (Wildman–Crippen LogP) is 0.833. The highest BCUT2D eigenvalue weighted by atomic mass is 16.2. The van der Waals surface area contributed by atoms with Crippen molar-refractivity contribution >= 4 is 23.0 Å². The Morgan fingerprint density at radius 2 is 1.89 bits per heavy atom. The van der Waals surface area contributed by atoms with E-state index in [1.54, 1.807) is 4.68 Å². The van der Waals surface area contributed by atoms with Gasteiger partial charge in [-0.25, -0.2) is 19.4 Å². The molecule has 3 aromatic rings. The number of hydrogen-bond donors (Lipinski definition) is 1. The number of aryl methyl sites for hydroxylation is 1. The highest BCUT2D eigenvalue weighted by Gasteiger charge is 2.24. The topological polar surface area (TPSA) is 92.1 Å². The van der Waals surface area contributed by atoms with E-state index in [1.807, 2.05) is 30.1 Å². The molecule has 1 fully saturated rings. The number of nitrogens with one attached hydrogen (secondary N) is 1. The molecule has 1 aromatic carbocycles. The molecule has 3 heterocycles. The van der Waals surface area contributed by atoms with Gasteiger partial charge >= 0.3 is 6.03 Å². The summed E-state index contributed by atoms with van der Waals surface area (Å²) in [5.41, 5.74) is 2.63. The Labute approximate surface area is 157 Å². The fraction of sp³-hybridized carbons (Fsp3) is 0.389. The monoisotopic (exact) mass is 366 g/mol. The quantitative estimate of drug-likeness (QED) is 0.735.